The number of carbonyl (C=O) groups is 2. The third-order valence-corrected chi connectivity index (χ3v) is 7.35. The molecule has 5 rings (SSSR count). The minimum atomic E-state index is -0.867. The van der Waals surface area contributed by atoms with Crippen LogP contribution in [0.5, 0.6) is 11.5 Å². The van der Waals surface area contributed by atoms with Gasteiger partial charge in [-0.15, -0.1) is 0 Å². The van der Waals surface area contributed by atoms with Crippen molar-refractivity contribution in [2.24, 2.45) is 0 Å². The third-order valence-electron chi connectivity index (χ3n) is 4.91. The third kappa shape index (κ3) is 2.60. The van der Waals surface area contributed by atoms with Gasteiger partial charge in [0.05, 0.1) is 26.3 Å². The molecule has 0 fully saturated rings. The number of rotatable bonds is 1. The van der Waals surface area contributed by atoms with Crippen LogP contribution in [0.25, 0.3) is 0 Å². The number of fused-ring (bicyclic) bond motifs is 2. The zero-order valence-electron chi connectivity index (χ0n) is 14.4. The molecule has 0 spiro atoms. The first-order chi connectivity index (χ1) is 13.9. The van der Waals surface area contributed by atoms with E-state index in [1.54, 1.807) is 0 Å². The molecule has 29 heavy (non-hydrogen) atoms. The van der Waals surface area contributed by atoms with Crippen molar-refractivity contribution in [1.82, 2.24) is 4.98 Å². The fraction of sp³-hybridized carbons (Fsp3) is 0.0500. The van der Waals surface area contributed by atoms with E-state index in [1.807, 2.05) is 0 Å². The van der Waals surface area contributed by atoms with Crippen LogP contribution in [0.2, 0.25) is 5.02 Å². The first kappa shape index (κ1) is 18.2. The number of nitrogens with one attached hydrogen (secondary N) is 1. The van der Waals surface area contributed by atoms with E-state index >= 15 is 0 Å². The van der Waals surface area contributed by atoms with Gasteiger partial charge in [0, 0.05) is 21.7 Å². The number of phenols is 2. The standard InChI is InChI=1S/C20H10ClNO5S2/c21-7-4-5-10(23)9(6-7)13-14-16(26)12-8(2-1-3-11(12)24)15(25)17(14)28-19-18(13)29-20(27)22-19/h1-6,13,23-24H,(H,22,27). The second-order valence-corrected chi connectivity index (χ2v) is 9.02. The molecule has 1 aromatic heterocycles. The van der Waals surface area contributed by atoms with Crippen molar-refractivity contribution in [1.29, 1.82) is 0 Å². The molecule has 3 N–H and O–H groups in total. The van der Waals surface area contributed by atoms with Crippen LogP contribution in [-0.4, -0.2) is 26.8 Å². The van der Waals surface area contributed by atoms with Crippen LogP contribution in [0.3, 0.4) is 0 Å². The van der Waals surface area contributed by atoms with Crippen LogP contribution in [0.15, 0.2) is 56.7 Å². The van der Waals surface area contributed by atoms with Gasteiger partial charge < -0.3 is 15.2 Å². The van der Waals surface area contributed by atoms with Crippen LogP contribution < -0.4 is 4.87 Å². The van der Waals surface area contributed by atoms with Crippen LogP contribution in [0.4, 0.5) is 0 Å². The maximum Gasteiger partial charge on any atom is 0.305 e. The van der Waals surface area contributed by atoms with E-state index < -0.39 is 17.5 Å². The highest BCUT2D eigenvalue weighted by Gasteiger charge is 2.44. The molecule has 1 unspecified atom stereocenters. The number of ketones is 2. The Hall–Kier alpha value is -2.81. The van der Waals surface area contributed by atoms with Crippen molar-refractivity contribution in [2.75, 3.05) is 0 Å². The van der Waals surface area contributed by atoms with Crippen LogP contribution in [-0.2, 0) is 0 Å². The molecule has 9 heteroatoms. The van der Waals surface area contributed by atoms with Gasteiger partial charge in [0.1, 0.15) is 11.5 Å². The number of hydrogen-bond acceptors (Lipinski definition) is 7. The normalized spacial score (nSPS) is 17.8. The van der Waals surface area contributed by atoms with Gasteiger partial charge in [-0.2, -0.15) is 0 Å². The smallest absolute Gasteiger partial charge is 0.305 e. The second-order valence-electron chi connectivity index (χ2n) is 6.55. The van der Waals surface area contributed by atoms with E-state index in [4.69, 9.17) is 11.6 Å². The summed E-state index contributed by atoms with van der Waals surface area (Å²) >= 11 is 8.05. The molecule has 1 aliphatic carbocycles. The molecular weight excluding hydrogens is 434 g/mol. The summed E-state index contributed by atoms with van der Waals surface area (Å²) in [6, 6.07) is 8.73. The number of carbonyl (C=O) groups excluding carboxylic acids is 2. The van der Waals surface area contributed by atoms with Crippen molar-refractivity contribution >= 4 is 46.3 Å². The number of aromatic hydroxyl groups is 2. The number of hydrogen-bond donors (Lipinski definition) is 3. The number of halogens is 1. The van der Waals surface area contributed by atoms with Crippen molar-refractivity contribution < 1.29 is 19.8 Å². The lowest BCUT2D eigenvalue weighted by atomic mass is 9.79. The molecule has 2 aromatic carbocycles. The fourth-order valence-electron chi connectivity index (χ4n) is 3.69. The van der Waals surface area contributed by atoms with Crippen LogP contribution in [0.1, 0.15) is 37.1 Å². The molecular formula is C20H10ClNO5S2. The maximum absolute atomic E-state index is 13.4. The first-order valence-electron chi connectivity index (χ1n) is 8.41. The molecule has 1 atom stereocenters. The number of benzene rings is 2. The number of aromatic nitrogens is 1. The lowest BCUT2D eigenvalue weighted by molar-refractivity contribution is 0.0974. The number of allylic oxidation sites excluding steroid dienone is 2. The first-order valence-corrected chi connectivity index (χ1v) is 10.4. The average Bonchev–Trinajstić information content (AvgIpc) is 3.06. The summed E-state index contributed by atoms with van der Waals surface area (Å²) in [7, 11) is 0. The molecule has 0 saturated carbocycles. The van der Waals surface area contributed by atoms with Gasteiger partial charge in [0.25, 0.3) is 0 Å². The van der Waals surface area contributed by atoms with Gasteiger partial charge in [-0.1, -0.05) is 40.8 Å². The molecule has 6 nitrogen and oxygen atoms in total. The Balaban J connectivity index is 1.84. The zero-order valence-corrected chi connectivity index (χ0v) is 16.7. The predicted molar refractivity (Wildman–Crippen MR) is 110 cm³/mol. The summed E-state index contributed by atoms with van der Waals surface area (Å²) in [6.45, 7) is 0. The minimum absolute atomic E-state index is 0.0744. The molecule has 0 radical (unpaired) electrons. The summed E-state index contributed by atoms with van der Waals surface area (Å²) in [5.41, 5.74) is 0.460. The topological polar surface area (TPSA) is 107 Å². The number of phenolic OH excluding ortho intramolecular Hbond substituents is 2. The Bertz CT molecular complexity index is 1340. The lowest BCUT2D eigenvalue weighted by Gasteiger charge is -2.30. The Morgan fingerprint density at radius 3 is 2.59 bits per heavy atom. The van der Waals surface area contributed by atoms with E-state index in [0.29, 0.717) is 20.5 Å². The average molecular weight is 444 g/mol. The van der Waals surface area contributed by atoms with Crippen LogP contribution in [0, 0.1) is 0 Å². The quantitative estimate of drug-likeness (QED) is 0.523. The summed E-state index contributed by atoms with van der Waals surface area (Å²) in [5, 5.41) is 21.5. The van der Waals surface area contributed by atoms with Crippen molar-refractivity contribution in [2.45, 2.75) is 10.9 Å². The molecule has 0 bridgehead atoms. The van der Waals surface area contributed by atoms with Gasteiger partial charge in [0.15, 0.2) is 5.78 Å². The van der Waals surface area contributed by atoms with E-state index in [0.717, 1.165) is 23.1 Å². The van der Waals surface area contributed by atoms with E-state index in [-0.39, 0.29) is 38.0 Å². The largest absolute Gasteiger partial charge is 0.508 e. The molecule has 2 heterocycles. The number of aromatic amines is 1. The summed E-state index contributed by atoms with van der Waals surface area (Å²) in [6.07, 6.45) is 0. The SMILES string of the molecule is O=C1C2=C(C(=O)c3c(O)cccc31)C(c1cc(Cl)ccc1O)c1sc(=O)[nH]c1S2. The van der Waals surface area contributed by atoms with Gasteiger partial charge >= 0.3 is 4.87 Å². The highest BCUT2D eigenvalue weighted by molar-refractivity contribution is 8.04. The van der Waals surface area contributed by atoms with Crippen molar-refractivity contribution in [3.05, 3.63) is 83.1 Å². The van der Waals surface area contributed by atoms with Crippen LogP contribution >= 0.6 is 34.7 Å². The maximum atomic E-state index is 13.4. The van der Waals surface area contributed by atoms with E-state index in [1.165, 1.54) is 36.4 Å². The molecule has 144 valence electrons. The Labute approximate surface area is 176 Å². The molecule has 0 amide bonds. The molecule has 0 saturated heterocycles. The summed E-state index contributed by atoms with van der Waals surface area (Å²) in [4.78, 5) is 41.7. The lowest BCUT2D eigenvalue weighted by Crippen LogP contribution is -2.27. The zero-order chi connectivity index (χ0) is 20.4. The Morgan fingerprint density at radius 2 is 1.79 bits per heavy atom. The van der Waals surface area contributed by atoms with Gasteiger partial charge in [-0.05, 0) is 30.3 Å². The molecule has 2 aliphatic rings. The van der Waals surface area contributed by atoms with E-state index in [9.17, 15) is 24.6 Å². The monoisotopic (exact) mass is 443 g/mol. The number of Topliss-reactive ketones (excluding diaryl/α,β-unsaturated/α-hetero) is 2. The summed E-state index contributed by atoms with van der Waals surface area (Å²) < 4.78 is 0. The summed E-state index contributed by atoms with van der Waals surface area (Å²) in [5.74, 6) is -2.21. The highest BCUT2D eigenvalue weighted by Crippen LogP contribution is 2.53. The number of thiazole rings is 1. The van der Waals surface area contributed by atoms with E-state index in [2.05, 4.69) is 4.98 Å². The Kier molecular flexibility index (Phi) is 3.99. The fourth-order valence-corrected chi connectivity index (χ4v) is 6.14. The number of thioether (sulfide) groups is 1. The molecule has 3 aromatic rings. The van der Waals surface area contributed by atoms with Gasteiger partial charge in [-0.25, -0.2) is 0 Å². The van der Waals surface area contributed by atoms with Crippen molar-refractivity contribution in [3.63, 3.8) is 0 Å². The molecule has 1 aliphatic heterocycles. The highest BCUT2D eigenvalue weighted by atomic mass is 35.5. The number of H-pyrrole nitrogens is 1. The minimum Gasteiger partial charge on any atom is -0.508 e. The predicted octanol–water partition coefficient (Wildman–Crippen LogP) is 4.07. The van der Waals surface area contributed by atoms with Gasteiger partial charge in [-0.3, -0.25) is 14.4 Å². The van der Waals surface area contributed by atoms with Crippen molar-refractivity contribution in [3.8, 4) is 11.5 Å². The van der Waals surface area contributed by atoms with Gasteiger partial charge in [0.2, 0.25) is 5.78 Å². The second kappa shape index (κ2) is 6.35. The Morgan fingerprint density at radius 1 is 1.00 bits per heavy atom.